The van der Waals surface area contributed by atoms with Crippen molar-refractivity contribution in [3.8, 4) is 0 Å². The Morgan fingerprint density at radius 2 is 1.60 bits per heavy atom. The fourth-order valence-corrected chi connectivity index (χ4v) is 4.86. The zero-order valence-electron chi connectivity index (χ0n) is 19.6. The van der Waals surface area contributed by atoms with Crippen LogP contribution in [-0.2, 0) is 21.4 Å². The van der Waals surface area contributed by atoms with E-state index in [4.69, 9.17) is 4.74 Å². The number of ether oxygens (including phenoxy) is 1. The van der Waals surface area contributed by atoms with E-state index in [9.17, 15) is 13.2 Å². The summed E-state index contributed by atoms with van der Waals surface area (Å²) in [6.07, 6.45) is 2.74. The number of benzene rings is 3. The van der Waals surface area contributed by atoms with Gasteiger partial charge in [0.25, 0.3) is 10.0 Å². The first-order chi connectivity index (χ1) is 16.9. The third-order valence-electron chi connectivity index (χ3n) is 6.06. The summed E-state index contributed by atoms with van der Waals surface area (Å²) in [6, 6.07) is 24.0. The molecule has 8 heteroatoms. The number of nitrogens with zero attached hydrogens (tertiary/aromatic N) is 1. The molecule has 3 aromatic rings. The Labute approximate surface area is 206 Å². The number of anilines is 1. The summed E-state index contributed by atoms with van der Waals surface area (Å²) in [5.74, 6) is 0.363. The van der Waals surface area contributed by atoms with Crippen molar-refractivity contribution < 1.29 is 17.9 Å². The molecule has 0 radical (unpaired) electrons. The predicted octanol–water partition coefficient (Wildman–Crippen LogP) is 5.74. The Morgan fingerprint density at radius 1 is 0.943 bits per heavy atom. The fraction of sp³-hybridized carbons (Fsp3) is 0.259. The monoisotopic (exact) mass is 491 g/mol. The number of carbonyl (C=O) groups is 1. The van der Waals surface area contributed by atoms with Crippen LogP contribution in [-0.4, -0.2) is 20.2 Å². The molecule has 1 saturated carbocycles. The molecule has 7 nitrogen and oxygen atoms in total. The van der Waals surface area contributed by atoms with Crippen LogP contribution in [0, 0.1) is 6.92 Å². The summed E-state index contributed by atoms with van der Waals surface area (Å²) in [7, 11) is -3.66. The Bertz CT molecular complexity index is 1260. The number of nitrogens with one attached hydrogen (secondary N) is 2. The van der Waals surface area contributed by atoms with Crippen LogP contribution < -0.4 is 10.1 Å². The molecule has 3 aromatic carbocycles. The molecular formula is C27H29N3O4S. The van der Waals surface area contributed by atoms with Gasteiger partial charge in [0.1, 0.15) is 6.61 Å². The van der Waals surface area contributed by atoms with Crippen molar-refractivity contribution in [2.75, 3.05) is 5.32 Å². The highest BCUT2D eigenvalue weighted by Gasteiger charge is 2.20. The van der Waals surface area contributed by atoms with E-state index < -0.39 is 16.1 Å². The number of carbonyl (C=O) groups excluding carboxylic acids is 1. The largest absolute Gasteiger partial charge is 0.444 e. The third-order valence-corrected chi connectivity index (χ3v) is 7.28. The molecule has 4 rings (SSSR count). The topological polar surface area (TPSA) is 96.9 Å². The van der Waals surface area contributed by atoms with Crippen LogP contribution in [0.5, 0.6) is 0 Å². The molecule has 35 heavy (non-hydrogen) atoms. The summed E-state index contributed by atoms with van der Waals surface area (Å²) < 4.78 is 30.1. The molecule has 1 fully saturated rings. The standard InChI is InChI=1S/C27H29N3O4S/c1-20-7-17-26(18-8-20)35(32,33)30-29-25-15-11-23(12-16-25)22-9-13-24(14-10-22)28-27(31)34-19-21-5-3-2-4-6-21/h2-10,13-14,17-18,23,30H,11-12,15-16,19H2,1H3,(H,28,31). The number of rotatable bonds is 7. The lowest BCUT2D eigenvalue weighted by Crippen LogP contribution is -2.22. The van der Waals surface area contributed by atoms with E-state index in [1.54, 1.807) is 24.3 Å². The van der Waals surface area contributed by atoms with Crippen LogP contribution in [0.3, 0.4) is 0 Å². The number of hydrogen-bond donors (Lipinski definition) is 2. The average Bonchev–Trinajstić information content (AvgIpc) is 2.88. The van der Waals surface area contributed by atoms with E-state index in [2.05, 4.69) is 15.2 Å². The predicted molar refractivity (Wildman–Crippen MR) is 137 cm³/mol. The first-order valence-electron chi connectivity index (χ1n) is 11.6. The molecule has 1 amide bonds. The first kappa shape index (κ1) is 24.5. The van der Waals surface area contributed by atoms with Crippen LogP contribution in [0.2, 0.25) is 0 Å². The summed E-state index contributed by atoms with van der Waals surface area (Å²) >= 11 is 0. The maximum absolute atomic E-state index is 12.4. The molecule has 1 aliphatic rings. The summed E-state index contributed by atoms with van der Waals surface area (Å²) in [4.78, 5) is 14.6. The second-order valence-electron chi connectivity index (χ2n) is 8.67. The summed E-state index contributed by atoms with van der Waals surface area (Å²) in [5.41, 5.74) is 4.65. The van der Waals surface area contributed by atoms with Gasteiger partial charge in [0.2, 0.25) is 0 Å². The Balaban J connectivity index is 1.25. The van der Waals surface area contributed by atoms with Crippen molar-refractivity contribution in [2.24, 2.45) is 5.10 Å². The third kappa shape index (κ3) is 6.93. The van der Waals surface area contributed by atoms with E-state index in [1.807, 2.05) is 61.5 Å². The molecule has 0 aromatic heterocycles. The van der Waals surface area contributed by atoms with Crippen LogP contribution in [0.15, 0.2) is 88.9 Å². The molecule has 0 heterocycles. The van der Waals surface area contributed by atoms with Crippen molar-refractivity contribution >= 4 is 27.5 Å². The van der Waals surface area contributed by atoms with Crippen molar-refractivity contribution in [2.45, 2.75) is 50.0 Å². The Kier molecular flexibility index (Phi) is 7.82. The van der Waals surface area contributed by atoms with Crippen LogP contribution in [0.25, 0.3) is 0 Å². The Hall–Kier alpha value is -3.65. The number of hydrazone groups is 1. The van der Waals surface area contributed by atoms with Gasteiger partial charge < -0.3 is 4.74 Å². The minimum Gasteiger partial charge on any atom is -0.444 e. The molecule has 0 bridgehead atoms. The van der Waals surface area contributed by atoms with Gasteiger partial charge in [0, 0.05) is 11.4 Å². The van der Waals surface area contributed by atoms with Crippen molar-refractivity contribution in [1.29, 1.82) is 0 Å². The molecule has 182 valence electrons. The van der Waals surface area contributed by atoms with Crippen LogP contribution in [0.4, 0.5) is 10.5 Å². The van der Waals surface area contributed by atoms with Gasteiger partial charge in [0.05, 0.1) is 4.90 Å². The zero-order valence-corrected chi connectivity index (χ0v) is 20.4. The molecule has 0 aliphatic heterocycles. The molecule has 0 saturated heterocycles. The van der Waals surface area contributed by atoms with Crippen LogP contribution >= 0.6 is 0 Å². The summed E-state index contributed by atoms with van der Waals surface area (Å²) in [6.45, 7) is 2.13. The molecule has 2 N–H and O–H groups in total. The maximum Gasteiger partial charge on any atom is 0.411 e. The van der Waals surface area contributed by atoms with Gasteiger partial charge in [-0.3, -0.25) is 5.32 Å². The van der Waals surface area contributed by atoms with E-state index in [-0.39, 0.29) is 11.5 Å². The normalized spacial score (nSPS) is 15.8. The molecular weight excluding hydrogens is 462 g/mol. The van der Waals surface area contributed by atoms with Gasteiger partial charge in [-0.1, -0.05) is 60.2 Å². The minimum absolute atomic E-state index is 0.207. The van der Waals surface area contributed by atoms with Gasteiger partial charge in [-0.25, -0.2) is 9.63 Å². The van der Waals surface area contributed by atoms with Gasteiger partial charge in [-0.15, -0.1) is 0 Å². The average molecular weight is 492 g/mol. The smallest absolute Gasteiger partial charge is 0.411 e. The van der Waals surface area contributed by atoms with Gasteiger partial charge in [0.15, 0.2) is 0 Å². The molecule has 0 spiro atoms. The fourth-order valence-electron chi connectivity index (χ4n) is 4.01. The number of aryl methyl sites for hydroxylation is 1. The lowest BCUT2D eigenvalue weighted by Gasteiger charge is -2.23. The second kappa shape index (κ2) is 11.2. The van der Waals surface area contributed by atoms with E-state index in [0.717, 1.165) is 42.5 Å². The van der Waals surface area contributed by atoms with E-state index in [1.165, 1.54) is 5.56 Å². The molecule has 0 unspecified atom stereocenters. The number of amides is 1. The van der Waals surface area contributed by atoms with Gasteiger partial charge in [-0.2, -0.15) is 13.5 Å². The first-order valence-corrected chi connectivity index (χ1v) is 13.1. The quantitative estimate of drug-likeness (QED) is 0.412. The highest BCUT2D eigenvalue weighted by molar-refractivity contribution is 7.89. The SMILES string of the molecule is Cc1ccc(S(=O)(=O)NN=C2CCC(c3ccc(NC(=O)OCc4ccccc4)cc3)CC2)cc1. The van der Waals surface area contributed by atoms with E-state index in [0.29, 0.717) is 11.6 Å². The highest BCUT2D eigenvalue weighted by atomic mass is 32.2. The zero-order chi connectivity index (χ0) is 24.7. The van der Waals surface area contributed by atoms with Crippen molar-refractivity contribution in [3.05, 3.63) is 95.6 Å². The molecule has 0 atom stereocenters. The van der Waals surface area contributed by atoms with Gasteiger partial charge >= 0.3 is 6.09 Å². The molecule has 1 aliphatic carbocycles. The minimum atomic E-state index is -3.66. The van der Waals surface area contributed by atoms with Crippen LogP contribution in [0.1, 0.15) is 48.3 Å². The Morgan fingerprint density at radius 3 is 2.26 bits per heavy atom. The number of sulfonamides is 1. The lowest BCUT2D eigenvalue weighted by molar-refractivity contribution is 0.155. The van der Waals surface area contributed by atoms with Crippen molar-refractivity contribution in [3.63, 3.8) is 0 Å². The maximum atomic E-state index is 12.4. The van der Waals surface area contributed by atoms with Crippen molar-refractivity contribution in [1.82, 2.24) is 4.83 Å². The highest BCUT2D eigenvalue weighted by Crippen LogP contribution is 2.32. The second-order valence-corrected chi connectivity index (χ2v) is 10.3. The van der Waals surface area contributed by atoms with E-state index >= 15 is 0 Å². The van der Waals surface area contributed by atoms with Gasteiger partial charge in [-0.05, 0) is 73.9 Å². The summed E-state index contributed by atoms with van der Waals surface area (Å²) in [5, 5.41) is 6.94. The lowest BCUT2D eigenvalue weighted by atomic mass is 9.83. The number of hydrogen-bond acceptors (Lipinski definition) is 5.